The molecule has 0 radical (unpaired) electrons. The number of aromatic nitrogens is 2. The van der Waals surface area contributed by atoms with E-state index < -0.39 is 11.7 Å². The van der Waals surface area contributed by atoms with Crippen molar-refractivity contribution in [2.45, 2.75) is 13.8 Å². The van der Waals surface area contributed by atoms with Gasteiger partial charge in [0.2, 0.25) is 0 Å². The number of amides is 2. The Morgan fingerprint density at radius 3 is 2.06 bits per heavy atom. The highest BCUT2D eigenvalue weighted by Crippen LogP contribution is 2.20. The van der Waals surface area contributed by atoms with Gasteiger partial charge >= 0.3 is 0 Å². The Balaban J connectivity index is 1.45. The molecular formula is C24H23ClN4O3. The molecule has 0 spiro atoms. The van der Waals surface area contributed by atoms with Crippen LogP contribution in [0.1, 0.15) is 32.1 Å². The molecule has 4 rings (SSSR count). The second kappa shape index (κ2) is 8.96. The lowest BCUT2D eigenvalue weighted by Gasteiger charge is -2.34. The van der Waals surface area contributed by atoms with Crippen molar-refractivity contribution in [2.24, 2.45) is 0 Å². The van der Waals surface area contributed by atoms with Crippen molar-refractivity contribution in [2.75, 3.05) is 26.2 Å². The zero-order chi connectivity index (χ0) is 22.8. The van der Waals surface area contributed by atoms with Crippen LogP contribution in [0.3, 0.4) is 0 Å². The molecule has 0 atom stereocenters. The van der Waals surface area contributed by atoms with Crippen LogP contribution in [0.5, 0.6) is 0 Å². The average molecular weight is 451 g/mol. The zero-order valence-corrected chi connectivity index (χ0v) is 18.7. The van der Waals surface area contributed by atoms with Crippen LogP contribution in [0, 0.1) is 13.8 Å². The number of carbonyl (C=O) groups excluding carboxylic acids is 3. The van der Waals surface area contributed by atoms with Gasteiger partial charge in [0, 0.05) is 36.8 Å². The number of ketones is 1. The number of halogens is 1. The summed E-state index contributed by atoms with van der Waals surface area (Å²) in [6.45, 7) is 4.85. The summed E-state index contributed by atoms with van der Waals surface area (Å²) in [6.07, 6.45) is 0. The van der Waals surface area contributed by atoms with Gasteiger partial charge in [0.05, 0.1) is 22.6 Å². The van der Waals surface area contributed by atoms with Crippen molar-refractivity contribution in [3.05, 3.63) is 82.1 Å². The van der Waals surface area contributed by atoms with Crippen LogP contribution in [0.2, 0.25) is 5.02 Å². The molecule has 164 valence electrons. The third-order valence-electron chi connectivity index (χ3n) is 5.66. The topological polar surface area (TPSA) is 75.5 Å². The molecule has 1 aliphatic rings. The summed E-state index contributed by atoms with van der Waals surface area (Å²) in [6, 6.07) is 16.2. The molecule has 0 saturated carbocycles. The monoisotopic (exact) mass is 450 g/mol. The van der Waals surface area contributed by atoms with Gasteiger partial charge in [-0.05, 0) is 50.2 Å². The van der Waals surface area contributed by atoms with Gasteiger partial charge in [0.15, 0.2) is 0 Å². The quantitative estimate of drug-likeness (QED) is 0.451. The third-order valence-corrected chi connectivity index (χ3v) is 5.91. The molecule has 1 fully saturated rings. The lowest BCUT2D eigenvalue weighted by atomic mass is 10.1. The summed E-state index contributed by atoms with van der Waals surface area (Å²) in [5.41, 5.74) is 2.85. The first kappa shape index (κ1) is 21.8. The molecule has 8 heteroatoms. The van der Waals surface area contributed by atoms with Gasteiger partial charge < -0.3 is 9.80 Å². The standard InChI is InChI=1S/C24H23ClN4O3/c1-16-21(17(2)29(26-16)20-6-4-3-5-7-20)22(30)24(32)28-14-12-27(13-15-28)23(31)18-8-10-19(25)11-9-18/h3-11H,12-15H2,1-2H3. The molecule has 2 heterocycles. The normalized spacial score (nSPS) is 13.8. The first-order chi connectivity index (χ1) is 15.4. The van der Waals surface area contributed by atoms with Gasteiger partial charge in [0.25, 0.3) is 17.6 Å². The van der Waals surface area contributed by atoms with E-state index in [-0.39, 0.29) is 5.91 Å². The maximum atomic E-state index is 13.1. The van der Waals surface area contributed by atoms with E-state index in [1.165, 1.54) is 4.90 Å². The third kappa shape index (κ3) is 4.16. The van der Waals surface area contributed by atoms with Crippen LogP contribution in [-0.4, -0.2) is 63.4 Å². The zero-order valence-electron chi connectivity index (χ0n) is 17.9. The van der Waals surface area contributed by atoms with Gasteiger partial charge in [-0.1, -0.05) is 29.8 Å². The van der Waals surface area contributed by atoms with Crippen LogP contribution in [0.4, 0.5) is 0 Å². The Hall–Kier alpha value is -3.45. The molecule has 0 aliphatic carbocycles. The van der Waals surface area contributed by atoms with Crippen molar-refractivity contribution in [1.29, 1.82) is 0 Å². The van der Waals surface area contributed by atoms with Gasteiger partial charge in [-0.2, -0.15) is 5.10 Å². The number of hydrogen-bond donors (Lipinski definition) is 0. The number of hydrogen-bond acceptors (Lipinski definition) is 4. The summed E-state index contributed by atoms with van der Waals surface area (Å²) < 4.78 is 1.68. The largest absolute Gasteiger partial charge is 0.335 e. The Morgan fingerprint density at radius 2 is 1.44 bits per heavy atom. The van der Waals surface area contributed by atoms with Gasteiger partial charge in [0.1, 0.15) is 0 Å². The van der Waals surface area contributed by atoms with E-state index in [0.717, 1.165) is 5.69 Å². The molecule has 1 aromatic heterocycles. The predicted molar refractivity (Wildman–Crippen MR) is 121 cm³/mol. The van der Waals surface area contributed by atoms with Crippen LogP contribution < -0.4 is 0 Å². The Morgan fingerprint density at radius 1 is 0.844 bits per heavy atom. The Kier molecular flexibility index (Phi) is 6.10. The predicted octanol–water partition coefficient (Wildman–Crippen LogP) is 3.31. The molecule has 7 nitrogen and oxygen atoms in total. The Bertz CT molecular complexity index is 1160. The number of para-hydroxylation sites is 1. The van der Waals surface area contributed by atoms with Crippen molar-refractivity contribution >= 4 is 29.2 Å². The second-order valence-corrected chi connectivity index (χ2v) is 8.15. The molecule has 2 amide bonds. The van der Waals surface area contributed by atoms with E-state index >= 15 is 0 Å². The molecule has 0 N–H and O–H groups in total. The molecule has 1 aliphatic heterocycles. The molecule has 0 bridgehead atoms. The number of benzene rings is 2. The van der Waals surface area contributed by atoms with Gasteiger partial charge in [-0.3, -0.25) is 14.4 Å². The van der Waals surface area contributed by atoms with E-state index in [9.17, 15) is 14.4 Å². The van der Waals surface area contributed by atoms with Crippen molar-refractivity contribution in [3.63, 3.8) is 0 Å². The fourth-order valence-corrected chi connectivity index (χ4v) is 4.06. The molecular weight excluding hydrogens is 428 g/mol. The van der Waals surface area contributed by atoms with Crippen molar-refractivity contribution < 1.29 is 14.4 Å². The maximum Gasteiger partial charge on any atom is 0.295 e. The first-order valence-electron chi connectivity index (χ1n) is 10.4. The maximum absolute atomic E-state index is 13.1. The van der Waals surface area contributed by atoms with E-state index in [1.54, 1.807) is 47.7 Å². The smallest absolute Gasteiger partial charge is 0.295 e. The van der Waals surface area contributed by atoms with Crippen molar-refractivity contribution in [3.8, 4) is 5.69 Å². The van der Waals surface area contributed by atoms with E-state index in [0.29, 0.717) is 53.7 Å². The fourth-order valence-electron chi connectivity index (χ4n) is 3.93. The molecule has 1 saturated heterocycles. The highest BCUT2D eigenvalue weighted by Gasteiger charge is 2.32. The highest BCUT2D eigenvalue weighted by molar-refractivity contribution is 6.43. The van der Waals surface area contributed by atoms with Crippen molar-refractivity contribution in [1.82, 2.24) is 19.6 Å². The van der Waals surface area contributed by atoms with E-state index in [2.05, 4.69) is 5.10 Å². The van der Waals surface area contributed by atoms with Crippen LogP contribution >= 0.6 is 11.6 Å². The summed E-state index contributed by atoms with van der Waals surface area (Å²) >= 11 is 5.89. The summed E-state index contributed by atoms with van der Waals surface area (Å²) in [5, 5.41) is 5.03. The van der Waals surface area contributed by atoms with Gasteiger partial charge in [-0.25, -0.2) is 4.68 Å². The minimum atomic E-state index is -0.570. The summed E-state index contributed by atoms with van der Waals surface area (Å²) in [4.78, 5) is 41.9. The number of rotatable bonds is 4. The highest BCUT2D eigenvalue weighted by atomic mass is 35.5. The Labute approximate surface area is 191 Å². The van der Waals surface area contributed by atoms with Crippen LogP contribution in [-0.2, 0) is 4.79 Å². The lowest BCUT2D eigenvalue weighted by molar-refractivity contribution is -0.127. The summed E-state index contributed by atoms with van der Waals surface area (Å²) in [5.74, 6) is -1.25. The fraction of sp³-hybridized carbons (Fsp3) is 0.250. The minimum Gasteiger partial charge on any atom is -0.335 e. The average Bonchev–Trinajstić information content (AvgIpc) is 3.12. The lowest BCUT2D eigenvalue weighted by Crippen LogP contribution is -2.52. The number of nitrogens with zero attached hydrogens (tertiary/aromatic N) is 4. The van der Waals surface area contributed by atoms with E-state index in [1.807, 2.05) is 30.3 Å². The molecule has 32 heavy (non-hydrogen) atoms. The second-order valence-electron chi connectivity index (χ2n) is 7.71. The number of carbonyl (C=O) groups is 3. The number of Topliss-reactive ketones (excluding diaryl/α,β-unsaturated/α-hetero) is 1. The molecule has 0 unspecified atom stereocenters. The molecule has 2 aromatic carbocycles. The molecule has 3 aromatic rings. The minimum absolute atomic E-state index is 0.115. The SMILES string of the molecule is Cc1nn(-c2ccccc2)c(C)c1C(=O)C(=O)N1CCN(C(=O)c2ccc(Cl)cc2)CC1. The van der Waals surface area contributed by atoms with Gasteiger partial charge in [-0.15, -0.1) is 0 Å². The first-order valence-corrected chi connectivity index (χ1v) is 10.7. The van der Waals surface area contributed by atoms with Crippen LogP contribution in [0.15, 0.2) is 54.6 Å². The number of aryl methyl sites for hydroxylation is 1. The number of piperazine rings is 1. The summed E-state index contributed by atoms with van der Waals surface area (Å²) in [7, 11) is 0. The van der Waals surface area contributed by atoms with Crippen LogP contribution in [0.25, 0.3) is 5.69 Å². The van der Waals surface area contributed by atoms with E-state index in [4.69, 9.17) is 11.6 Å².